The lowest BCUT2D eigenvalue weighted by atomic mass is 10.1. The number of aromatic nitrogens is 3. The third kappa shape index (κ3) is 2.18. The van der Waals surface area contributed by atoms with Gasteiger partial charge in [0.2, 0.25) is 0 Å². The Kier molecular flexibility index (Phi) is 3.60. The van der Waals surface area contributed by atoms with Crippen molar-refractivity contribution in [2.75, 3.05) is 14.2 Å². The quantitative estimate of drug-likeness (QED) is 0.854. The maximum absolute atomic E-state index is 12.0. The van der Waals surface area contributed by atoms with Gasteiger partial charge < -0.3 is 19.0 Å². The van der Waals surface area contributed by atoms with Gasteiger partial charge in [0.25, 0.3) is 0 Å². The lowest BCUT2D eigenvalue weighted by Crippen LogP contribution is -2.11. The van der Waals surface area contributed by atoms with Gasteiger partial charge in [-0.25, -0.2) is 14.6 Å². The van der Waals surface area contributed by atoms with Crippen LogP contribution in [-0.2, 0) is 16.5 Å². The number of carbonyl (C=O) groups excluding carboxylic acids is 2. The summed E-state index contributed by atoms with van der Waals surface area (Å²) in [5, 5.41) is 0. The molecule has 0 unspecified atom stereocenters. The molecule has 0 aromatic carbocycles. The summed E-state index contributed by atoms with van der Waals surface area (Å²) < 4.78 is 11.2. The van der Waals surface area contributed by atoms with Crippen LogP contribution in [0.25, 0.3) is 11.4 Å². The third-order valence-electron chi connectivity index (χ3n) is 2.93. The Morgan fingerprint density at radius 3 is 2.30 bits per heavy atom. The van der Waals surface area contributed by atoms with Gasteiger partial charge in [-0.15, -0.1) is 0 Å². The summed E-state index contributed by atoms with van der Waals surface area (Å²) in [4.78, 5) is 31.0. The number of rotatable bonds is 3. The summed E-state index contributed by atoms with van der Waals surface area (Å²) in [6.07, 6.45) is 3.34. The van der Waals surface area contributed by atoms with Gasteiger partial charge in [0.05, 0.1) is 31.8 Å². The number of ether oxygens (including phenoxy) is 2. The predicted octanol–water partition coefficient (Wildman–Crippen LogP) is 1.30. The van der Waals surface area contributed by atoms with E-state index in [1.165, 1.54) is 14.2 Å². The molecule has 2 heterocycles. The van der Waals surface area contributed by atoms with Crippen LogP contribution in [-0.4, -0.2) is 40.7 Å². The number of esters is 2. The molecule has 0 bridgehead atoms. The molecule has 0 amide bonds. The van der Waals surface area contributed by atoms with E-state index >= 15 is 0 Å². The SMILES string of the molecule is COC(=O)c1c(C)[nH]c(-c2cn(C)cn2)c1C(=O)OC. The standard InChI is InChI=1S/C13H15N3O4/c1-7-9(12(17)19-3)10(13(18)20-4)11(15-7)8-5-16(2)6-14-8/h5-6,15H,1-4H3. The van der Waals surface area contributed by atoms with Crippen molar-refractivity contribution in [2.24, 2.45) is 7.05 Å². The molecule has 0 saturated carbocycles. The second-order valence-corrected chi connectivity index (χ2v) is 4.28. The van der Waals surface area contributed by atoms with E-state index in [0.29, 0.717) is 17.1 Å². The Labute approximate surface area is 115 Å². The molecule has 0 atom stereocenters. The number of aromatic amines is 1. The molecule has 0 aliphatic rings. The van der Waals surface area contributed by atoms with Gasteiger partial charge >= 0.3 is 11.9 Å². The lowest BCUT2D eigenvalue weighted by Gasteiger charge is -2.03. The molecule has 0 radical (unpaired) electrons. The number of hydrogen-bond donors (Lipinski definition) is 1. The number of carbonyl (C=O) groups is 2. The number of hydrogen-bond acceptors (Lipinski definition) is 5. The molecule has 2 aromatic heterocycles. The summed E-state index contributed by atoms with van der Waals surface area (Å²) in [6, 6.07) is 0. The fraction of sp³-hybridized carbons (Fsp3) is 0.308. The van der Waals surface area contributed by atoms with Gasteiger partial charge in [-0.1, -0.05) is 0 Å². The maximum atomic E-state index is 12.0. The number of H-pyrrole nitrogens is 1. The second-order valence-electron chi connectivity index (χ2n) is 4.28. The Bertz CT molecular complexity index is 669. The van der Waals surface area contributed by atoms with Gasteiger partial charge in [0.1, 0.15) is 11.3 Å². The highest BCUT2D eigenvalue weighted by Gasteiger charge is 2.28. The molecule has 106 valence electrons. The van der Waals surface area contributed by atoms with Gasteiger partial charge in [-0.2, -0.15) is 0 Å². The summed E-state index contributed by atoms with van der Waals surface area (Å²) >= 11 is 0. The Hall–Kier alpha value is -2.57. The topological polar surface area (TPSA) is 86.2 Å². The van der Waals surface area contributed by atoms with Crippen LogP contribution >= 0.6 is 0 Å². The number of methoxy groups -OCH3 is 2. The minimum Gasteiger partial charge on any atom is -0.465 e. The average molecular weight is 277 g/mol. The second kappa shape index (κ2) is 5.20. The van der Waals surface area contributed by atoms with Crippen LogP contribution in [0.1, 0.15) is 26.4 Å². The van der Waals surface area contributed by atoms with Crippen molar-refractivity contribution in [2.45, 2.75) is 6.92 Å². The van der Waals surface area contributed by atoms with Gasteiger partial charge in [0, 0.05) is 18.9 Å². The Morgan fingerprint density at radius 1 is 1.20 bits per heavy atom. The van der Waals surface area contributed by atoms with Crippen molar-refractivity contribution >= 4 is 11.9 Å². The first-order chi connectivity index (χ1) is 9.49. The largest absolute Gasteiger partial charge is 0.465 e. The summed E-state index contributed by atoms with van der Waals surface area (Å²) in [7, 11) is 4.33. The maximum Gasteiger partial charge on any atom is 0.341 e. The first-order valence-corrected chi connectivity index (χ1v) is 5.87. The van der Waals surface area contributed by atoms with E-state index in [-0.39, 0.29) is 11.1 Å². The molecule has 0 saturated heterocycles. The molecular formula is C13H15N3O4. The van der Waals surface area contributed by atoms with Gasteiger partial charge in [-0.3, -0.25) is 0 Å². The van der Waals surface area contributed by atoms with Crippen LogP contribution in [0.2, 0.25) is 0 Å². The number of nitrogens with one attached hydrogen (secondary N) is 1. The molecule has 0 aliphatic carbocycles. The highest BCUT2D eigenvalue weighted by molar-refractivity contribution is 6.08. The predicted molar refractivity (Wildman–Crippen MR) is 70.4 cm³/mol. The van der Waals surface area contributed by atoms with Crippen molar-refractivity contribution < 1.29 is 19.1 Å². The normalized spacial score (nSPS) is 10.4. The van der Waals surface area contributed by atoms with Crippen LogP contribution in [0.15, 0.2) is 12.5 Å². The molecule has 2 aromatic rings. The number of nitrogens with zero attached hydrogens (tertiary/aromatic N) is 2. The third-order valence-corrected chi connectivity index (χ3v) is 2.93. The van der Waals surface area contributed by atoms with E-state index < -0.39 is 11.9 Å². The van der Waals surface area contributed by atoms with Gasteiger partial charge in [0.15, 0.2) is 0 Å². The van der Waals surface area contributed by atoms with Crippen molar-refractivity contribution in [3.63, 3.8) is 0 Å². The molecule has 0 spiro atoms. The molecule has 7 heteroatoms. The minimum absolute atomic E-state index is 0.135. The zero-order valence-corrected chi connectivity index (χ0v) is 11.7. The molecular weight excluding hydrogens is 262 g/mol. The molecule has 20 heavy (non-hydrogen) atoms. The van der Waals surface area contributed by atoms with E-state index in [9.17, 15) is 9.59 Å². The Balaban J connectivity index is 2.69. The summed E-state index contributed by atoms with van der Waals surface area (Å²) in [5.41, 5.74) is 1.81. The van der Waals surface area contributed by atoms with Gasteiger partial charge in [-0.05, 0) is 6.92 Å². The van der Waals surface area contributed by atoms with E-state index in [4.69, 9.17) is 9.47 Å². The van der Waals surface area contributed by atoms with Crippen LogP contribution in [0.4, 0.5) is 0 Å². The van der Waals surface area contributed by atoms with E-state index in [1.54, 1.807) is 24.0 Å². The fourth-order valence-electron chi connectivity index (χ4n) is 2.02. The smallest absolute Gasteiger partial charge is 0.341 e. The average Bonchev–Trinajstić information content (AvgIpc) is 3.00. The van der Waals surface area contributed by atoms with E-state index in [1.807, 2.05) is 7.05 Å². The van der Waals surface area contributed by atoms with Crippen LogP contribution in [0.3, 0.4) is 0 Å². The zero-order valence-electron chi connectivity index (χ0n) is 11.7. The molecule has 1 N–H and O–H groups in total. The highest BCUT2D eigenvalue weighted by Crippen LogP contribution is 2.28. The van der Waals surface area contributed by atoms with Crippen molar-refractivity contribution in [3.8, 4) is 11.4 Å². The van der Waals surface area contributed by atoms with Crippen molar-refractivity contribution in [1.29, 1.82) is 0 Å². The molecule has 0 aliphatic heterocycles. The first-order valence-electron chi connectivity index (χ1n) is 5.87. The van der Waals surface area contributed by atoms with E-state index in [0.717, 1.165) is 0 Å². The summed E-state index contributed by atoms with van der Waals surface area (Å²) in [6.45, 7) is 1.69. The summed E-state index contributed by atoms with van der Waals surface area (Å²) in [5.74, 6) is -1.21. The molecule has 2 rings (SSSR count). The Morgan fingerprint density at radius 2 is 1.80 bits per heavy atom. The van der Waals surface area contributed by atoms with Crippen molar-refractivity contribution in [1.82, 2.24) is 14.5 Å². The zero-order chi connectivity index (χ0) is 14.9. The monoisotopic (exact) mass is 277 g/mol. The molecule has 7 nitrogen and oxygen atoms in total. The van der Waals surface area contributed by atoms with Crippen LogP contribution in [0, 0.1) is 6.92 Å². The lowest BCUT2D eigenvalue weighted by molar-refractivity contribution is 0.0556. The number of aryl methyl sites for hydroxylation is 2. The van der Waals surface area contributed by atoms with E-state index in [2.05, 4.69) is 9.97 Å². The number of imidazole rings is 1. The highest BCUT2D eigenvalue weighted by atomic mass is 16.5. The van der Waals surface area contributed by atoms with Crippen LogP contribution in [0.5, 0.6) is 0 Å². The minimum atomic E-state index is -0.615. The van der Waals surface area contributed by atoms with Crippen molar-refractivity contribution in [3.05, 3.63) is 29.3 Å². The fourth-order valence-corrected chi connectivity index (χ4v) is 2.02. The molecule has 0 fully saturated rings. The van der Waals surface area contributed by atoms with Crippen LogP contribution < -0.4 is 0 Å². The first kappa shape index (κ1) is 13.9.